The van der Waals surface area contributed by atoms with Crippen LogP contribution < -0.4 is 5.32 Å². The second-order valence-electron chi connectivity index (χ2n) is 19.6. The molecular weight excluding hydrogens is 779 g/mol. The Bertz CT molecular complexity index is 955. The number of rotatable bonds is 52. The first-order valence-electron chi connectivity index (χ1n) is 28.2. The van der Waals surface area contributed by atoms with Gasteiger partial charge >= 0.3 is 0 Å². The van der Waals surface area contributed by atoms with Gasteiger partial charge in [0.05, 0.1) is 18.8 Å². The molecule has 0 aromatic carbocycles. The monoisotopic (exact) mass is 890 g/mol. The van der Waals surface area contributed by atoms with Crippen LogP contribution in [0.1, 0.15) is 303 Å². The minimum absolute atomic E-state index is 0.364. The van der Waals surface area contributed by atoms with Crippen LogP contribution in [0.4, 0.5) is 0 Å². The molecule has 0 aromatic heterocycles. The summed E-state index contributed by atoms with van der Waals surface area (Å²) in [7, 11) is 0. The van der Waals surface area contributed by atoms with Crippen LogP contribution in [0.5, 0.6) is 0 Å². The largest absolute Gasteiger partial charge is 0.394 e. The molecule has 1 amide bonds. The van der Waals surface area contributed by atoms with Crippen LogP contribution in [0.2, 0.25) is 0 Å². The van der Waals surface area contributed by atoms with Crippen molar-refractivity contribution < 1.29 is 25.2 Å². The van der Waals surface area contributed by atoms with Gasteiger partial charge in [-0.3, -0.25) is 4.79 Å². The van der Waals surface area contributed by atoms with Crippen molar-refractivity contribution in [2.24, 2.45) is 0 Å². The maximum Gasteiger partial charge on any atom is 0.249 e. The Morgan fingerprint density at radius 1 is 0.381 bits per heavy atom. The highest BCUT2D eigenvalue weighted by atomic mass is 16.3. The van der Waals surface area contributed by atoms with E-state index in [1.165, 1.54) is 238 Å². The zero-order valence-electron chi connectivity index (χ0n) is 42.3. The molecule has 0 saturated heterocycles. The molecule has 0 heterocycles. The van der Waals surface area contributed by atoms with E-state index >= 15 is 0 Å². The van der Waals surface area contributed by atoms with Gasteiger partial charge in [0, 0.05) is 0 Å². The van der Waals surface area contributed by atoms with Crippen molar-refractivity contribution >= 4 is 5.91 Å². The van der Waals surface area contributed by atoms with E-state index in [0.717, 1.165) is 38.5 Å². The normalized spacial score (nSPS) is 13.9. The van der Waals surface area contributed by atoms with E-state index in [4.69, 9.17) is 0 Å². The van der Waals surface area contributed by atoms with Crippen molar-refractivity contribution in [3.63, 3.8) is 0 Å². The van der Waals surface area contributed by atoms with Gasteiger partial charge < -0.3 is 25.7 Å². The van der Waals surface area contributed by atoms with E-state index < -0.39 is 36.9 Å². The van der Waals surface area contributed by atoms with Crippen molar-refractivity contribution in [1.82, 2.24) is 5.32 Å². The summed E-state index contributed by atoms with van der Waals surface area (Å²) in [5.41, 5.74) is 0. The number of amides is 1. The van der Waals surface area contributed by atoms with Gasteiger partial charge in [0.25, 0.3) is 0 Å². The maximum absolute atomic E-state index is 12.6. The Balaban J connectivity index is 3.64. The Hall–Kier alpha value is -1.21. The number of carbonyl (C=O) groups is 1. The van der Waals surface area contributed by atoms with Gasteiger partial charge in [-0.2, -0.15) is 0 Å². The van der Waals surface area contributed by atoms with Crippen molar-refractivity contribution in [2.45, 2.75) is 327 Å². The minimum atomic E-state index is -1.28. The summed E-state index contributed by atoms with van der Waals surface area (Å²) in [5, 5.41) is 43.9. The average molecular weight is 891 g/mol. The maximum atomic E-state index is 12.6. The lowest BCUT2D eigenvalue weighted by Crippen LogP contribution is -2.53. The molecule has 374 valence electrons. The van der Waals surface area contributed by atoms with Gasteiger partial charge in [-0.25, -0.2) is 0 Å². The number of unbranched alkanes of at least 4 members (excludes halogenated alkanes) is 39. The molecule has 0 aliphatic carbocycles. The van der Waals surface area contributed by atoms with Gasteiger partial charge in [0.15, 0.2) is 0 Å². The molecule has 0 bridgehead atoms. The highest BCUT2D eigenvalue weighted by molar-refractivity contribution is 5.80. The number of hydrogen-bond donors (Lipinski definition) is 5. The van der Waals surface area contributed by atoms with E-state index in [1.807, 2.05) is 0 Å². The lowest BCUT2D eigenvalue weighted by molar-refractivity contribution is -0.132. The molecule has 0 saturated carbocycles. The summed E-state index contributed by atoms with van der Waals surface area (Å²) < 4.78 is 0. The first-order chi connectivity index (χ1) is 31.0. The van der Waals surface area contributed by atoms with Crippen molar-refractivity contribution in [1.29, 1.82) is 0 Å². The Morgan fingerprint density at radius 2 is 0.651 bits per heavy atom. The summed E-state index contributed by atoms with van der Waals surface area (Å²) in [4.78, 5) is 12.6. The first-order valence-corrected chi connectivity index (χ1v) is 28.2. The van der Waals surface area contributed by atoms with Crippen LogP contribution in [-0.2, 0) is 4.79 Å². The number of aliphatic hydroxyl groups excluding tert-OH is 4. The molecule has 4 unspecified atom stereocenters. The number of nitrogens with one attached hydrogen (secondary N) is 1. The van der Waals surface area contributed by atoms with Crippen LogP contribution >= 0.6 is 0 Å². The Kier molecular flexibility index (Phi) is 50.8. The zero-order valence-corrected chi connectivity index (χ0v) is 42.3. The Morgan fingerprint density at radius 3 is 0.952 bits per heavy atom. The molecule has 0 aromatic rings. The predicted octanol–water partition coefficient (Wildman–Crippen LogP) is 16.3. The van der Waals surface area contributed by atoms with Gasteiger partial charge in [-0.05, 0) is 64.2 Å². The second kappa shape index (κ2) is 51.8. The fraction of sp³-hybridized carbons (Fsp3) is 0.912. The van der Waals surface area contributed by atoms with Crippen LogP contribution in [0.25, 0.3) is 0 Å². The van der Waals surface area contributed by atoms with Crippen LogP contribution in [0.3, 0.4) is 0 Å². The molecular formula is C57H111NO5. The van der Waals surface area contributed by atoms with Crippen molar-refractivity contribution in [3.05, 3.63) is 24.3 Å². The van der Waals surface area contributed by atoms with E-state index in [0.29, 0.717) is 12.8 Å². The number of aliphatic hydroxyl groups is 4. The average Bonchev–Trinajstić information content (AvgIpc) is 3.29. The molecule has 63 heavy (non-hydrogen) atoms. The summed E-state index contributed by atoms with van der Waals surface area (Å²) in [6, 6.07) is -1.00. The molecule has 0 aliphatic heterocycles. The SMILES string of the molecule is CCCCCCCCCCCCCC/C=C\CCCCCCCCCCCCCC(O)C(=O)NC(CO)C(O)C(O)CCC/C=C/CCCCCCCCCCCCCCCCC. The quantitative estimate of drug-likeness (QED) is 0.0309. The van der Waals surface area contributed by atoms with E-state index in [9.17, 15) is 25.2 Å². The standard InChI is InChI=1S/C57H111NO5/c1-3-5-7-9-11-13-15-17-19-21-23-25-26-27-28-29-30-31-33-35-37-39-41-43-45-47-49-51-55(61)57(63)58-53(52-59)56(62)54(60)50-48-46-44-42-40-38-36-34-32-24-22-20-18-16-14-12-10-8-6-4-2/h27-28,42,44,53-56,59-62H,3-26,29-41,43,45-52H2,1-2H3,(H,58,63)/b28-27-,44-42+. The fourth-order valence-corrected chi connectivity index (χ4v) is 8.93. The number of carbonyl (C=O) groups excluding carboxylic acids is 1. The lowest BCUT2D eigenvalue weighted by Gasteiger charge is -2.27. The third-order valence-electron chi connectivity index (χ3n) is 13.4. The van der Waals surface area contributed by atoms with Gasteiger partial charge in [-0.1, -0.05) is 263 Å². The van der Waals surface area contributed by atoms with E-state index in [-0.39, 0.29) is 0 Å². The predicted molar refractivity (Wildman–Crippen MR) is 274 cm³/mol. The first kappa shape index (κ1) is 61.8. The minimum Gasteiger partial charge on any atom is -0.394 e. The fourth-order valence-electron chi connectivity index (χ4n) is 8.93. The highest BCUT2D eigenvalue weighted by Gasteiger charge is 2.28. The van der Waals surface area contributed by atoms with Crippen LogP contribution in [0.15, 0.2) is 24.3 Å². The Labute approximate surface area is 393 Å². The molecule has 4 atom stereocenters. The topological polar surface area (TPSA) is 110 Å². The van der Waals surface area contributed by atoms with Crippen molar-refractivity contribution in [3.8, 4) is 0 Å². The third-order valence-corrected chi connectivity index (χ3v) is 13.4. The molecule has 0 spiro atoms. The summed E-state index contributed by atoms with van der Waals surface area (Å²) in [6.07, 6.45) is 62.5. The molecule has 0 radical (unpaired) electrons. The van der Waals surface area contributed by atoms with Crippen molar-refractivity contribution in [2.75, 3.05) is 6.61 Å². The zero-order chi connectivity index (χ0) is 45.9. The molecule has 6 heteroatoms. The molecule has 0 aliphatic rings. The van der Waals surface area contributed by atoms with Gasteiger partial charge in [0.1, 0.15) is 12.2 Å². The van der Waals surface area contributed by atoms with E-state index in [1.54, 1.807) is 0 Å². The third kappa shape index (κ3) is 45.7. The lowest BCUT2D eigenvalue weighted by atomic mass is 10.00. The summed E-state index contributed by atoms with van der Waals surface area (Å²) in [5.74, 6) is -0.590. The van der Waals surface area contributed by atoms with Crippen LogP contribution in [0, 0.1) is 0 Å². The van der Waals surface area contributed by atoms with Gasteiger partial charge in [0.2, 0.25) is 5.91 Å². The molecule has 0 fully saturated rings. The summed E-state index contributed by atoms with van der Waals surface area (Å²) in [6.45, 7) is 4.08. The molecule has 0 rings (SSSR count). The molecule has 6 nitrogen and oxygen atoms in total. The summed E-state index contributed by atoms with van der Waals surface area (Å²) >= 11 is 0. The van der Waals surface area contributed by atoms with Crippen LogP contribution in [-0.4, -0.2) is 57.3 Å². The second-order valence-corrected chi connectivity index (χ2v) is 19.6. The smallest absolute Gasteiger partial charge is 0.249 e. The van der Waals surface area contributed by atoms with E-state index in [2.05, 4.69) is 43.5 Å². The number of allylic oxidation sites excluding steroid dienone is 4. The van der Waals surface area contributed by atoms with Gasteiger partial charge in [-0.15, -0.1) is 0 Å². The molecule has 5 N–H and O–H groups in total. The highest BCUT2D eigenvalue weighted by Crippen LogP contribution is 2.17. The number of hydrogen-bond acceptors (Lipinski definition) is 5.